The van der Waals surface area contributed by atoms with Crippen LogP contribution < -0.4 is 5.32 Å². The molecule has 0 saturated heterocycles. The number of aliphatic hydroxyl groups is 3. The SMILES string of the molecule is CCCC/C=C/CC/C=C/CC/C=C/C(O)C(CO)NC(=O)C(O)CCCCCCCCCCCCCCCCCC/C=C\C/C=C\CCCCCCCCCCCCCCCCC. The van der Waals surface area contributed by atoms with Crippen LogP contribution in [0.5, 0.6) is 0 Å². The predicted octanol–water partition coefficient (Wildman–Crippen LogP) is 17.4. The summed E-state index contributed by atoms with van der Waals surface area (Å²) >= 11 is 0. The minimum atomic E-state index is -1.11. The van der Waals surface area contributed by atoms with Crippen molar-refractivity contribution in [3.8, 4) is 0 Å². The molecule has 0 aliphatic heterocycles. The Morgan fingerprint density at radius 3 is 1.09 bits per heavy atom. The van der Waals surface area contributed by atoms with Crippen molar-refractivity contribution in [2.45, 2.75) is 302 Å². The van der Waals surface area contributed by atoms with Gasteiger partial charge < -0.3 is 20.6 Å². The van der Waals surface area contributed by atoms with Crippen molar-refractivity contribution in [3.63, 3.8) is 0 Å². The molecule has 0 spiro atoms. The molecule has 5 heteroatoms. The average Bonchev–Trinajstić information content (AvgIpc) is 3.30. The maximum absolute atomic E-state index is 12.5. The lowest BCUT2D eigenvalue weighted by atomic mass is 10.0. The highest BCUT2D eigenvalue weighted by molar-refractivity contribution is 5.80. The molecule has 3 unspecified atom stereocenters. The van der Waals surface area contributed by atoms with Gasteiger partial charge in [0.05, 0.1) is 18.8 Å². The van der Waals surface area contributed by atoms with Crippen LogP contribution in [0, 0.1) is 0 Å². The Kier molecular flexibility index (Phi) is 52.0. The Hall–Kier alpha value is -1.95. The van der Waals surface area contributed by atoms with Gasteiger partial charge in [-0.05, 0) is 70.6 Å². The van der Waals surface area contributed by atoms with Crippen molar-refractivity contribution in [2.24, 2.45) is 0 Å². The molecule has 0 aliphatic carbocycles. The summed E-state index contributed by atoms with van der Waals surface area (Å²) in [4.78, 5) is 12.5. The first kappa shape index (κ1) is 62.1. The second-order valence-electron chi connectivity index (χ2n) is 19.1. The van der Waals surface area contributed by atoms with Crippen LogP contribution in [-0.2, 0) is 4.79 Å². The van der Waals surface area contributed by atoms with E-state index in [1.54, 1.807) is 6.08 Å². The molecule has 0 saturated carbocycles. The molecule has 64 heavy (non-hydrogen) atoms. The summed E-state index contributed by atoms with van der Waals surface area (Å²) in [5.74, 6) is -0.518. The van der Waals surface area contributed by atoms with Crippen LogP contribution in [0.4, 0.5) is 0 Å². The van der Waals surface area contributed by atoms with Gasteiger partial charge in [-0.2, -0.15) is 0 Å². The molecule has 5 nitrogen and oxygen atoms in total. The quantitative estimate of drug-likeness (QED) is 0.0362. The molecule has 0 bridgehead atoms. The summed E-state index contributed by atoms with van der Waals surface area (Å²) in [5, 5.41) is 33.1. The van der Waals surface area contributed by atoms with Gasteiger partial charge in [-0.25, -0.2) is 0 Å². The molecule has 0 aromatic heterocycles. The summed E-state index contributed by atoms with van der Waals surface area (Å²) < 4.78 is 0. The van der Waals surface area contributed by atoms with Crippen molar-refractivity contribution in [2.75, 3.05) is 6.61 Å². The summed E-state index contributed by atoms with van der Waals surface area (Å²) in [6.45, 7) is 4.13. The first-order chi connectivity index (χ1) is 31.6. The summed E-state index contributed by atoms with van der Waals surface area (Å²) in [6.07, 6.45) is 73.3. The van der Waals surface area contributed by atoms with Gasteiger partial charge in [0.15, 0.2) is 0 Å². The minimum Gasteiger partial charge on any atom is -0.394 e. The molecule has 0 radical (unpaired) electrons. The van der Waals surface area contributed by atoms with Crippen molar-refractivity contribution in [3.05, 3.63) is 60.8 Å². The van der Waals surface area contributed by atoms with Gasteiger partial charge in [0.1, 0.15) is 6.10 Å². The zero-order valence-electron chi connectivity index (χ0n) is 42.7. The number of hydrogen-bond acceptors (Lipinski definition) is 4. The Morgan fingerprint density at radius 1 is 0.391 bits per heavy atom. The fourth-order valence-electron chi connectivity index (χ4n) is 8.41. The van der Waals surface area contributed by atoms with Crippen molar-refractivity contribution >= 4 is 5.91 Å². The number of hydrogen-bond donors (Lipinski definition) is 4. The Morgan fingerprint density at radius 2 is 0.703 bits per heavy atom. The Labute approximate surface area is 399 Å². The van der Waals surface area contributed by atoms with Gasteiger partial charge >= 0.3 is 0 Å². The van der Waals surface area contributed by atoms with Gasteiger partial charge in [0.25, 0.3) is 0 Å². The summed E-state index contributed by atoms with van der Waals surface area (Å²) in [6, 6.07) is -0.822. The number of unbranched alkanes of at least 4 members (excludes halogenated alkanes) is 35. The van der Waals surface area contributed by atoms with E-state index in [9.17, 15) is 20.1 Å². The van der Waals surface area contributed by atoms with Crippen LogP contribution in [-0.4, -0.2) is 46.1 Å². The van der Waals surface area contributed by atoms with Gasteiger partial charge in [0.2, 0.25) is 5.91 Å². The third kappa shape index (κ3) is 48.0. The fraction of sp³-hybridized carbons (Fsp3) is 0.814. The van der Waals surface area contributed by atoms with Gasteiger partial charge in [-0.15, -0.1) is 0 Å². The van der Waals surface area contributed by atoms with Gasteiger partial charge in [0, 0.05) is 0 Å². The lowest BCUT2D eigenvalue weighted by Gasteiger charge is -2.21. The zero-order chi connectivity index (χ0) is 46.5. The maximum atomic E-state index is 12.5. The molecule has 1 amide bonds. The predicted molar refractivity (Wildman–Crippen MR) is 282 cm³/mol. The van der Waals surface area contributed by atoms with Crippen LogP contribution in [0.25, 0.3) is 0 Å². The van der Waals surface area contributed by atoms with E-state index in [0.717, 1.165) is 51.4 Å². The van der Waals surface area contributed by atoms with E-state index in [1.165, 1.54) is 212 Å². The minimum absolute atomic E-state index is 0.383. The van der Waals surface area contributed by atoms with Gasteiger partial charge in [-0.3, -0.25) is 4.79 Å². The molecule has 374 valence electrons. The highest BCUT2D eigenvalue weighted by Crippen LogP contribution is 2.17. The van der Waals surface area contributed by atoms with E-state index in [0.29, 0.717) is 6.42 Å². The third-order valence-corrected chi connectivity index (χ3v) is 12.8. The highest BCUT2D eigenvalue weighted by Gasteiger charge is 2.22. The Bertz CT molecular complexity index is 1080. The van der Waals surface area contributed by atoms with E-state index < -0.39 is 24.2 Å². The lowest BCUT2D eigenvalue weighted by molar-refractivity contribution is -0.131. The molecule has 4 N–H and O–H groups in total. The van der Waals surface area contributed by atoms with Crippen LogP contribution in [0.1, 0.15) is 284 Å². The van der Waals surface area contributed by atoms with E-state index in [2.05, 4.69) is 67.8 Å². The highest BCUT2D eigenvalue weighted by atomic mass is 16.3. The molecule has 3 atom stereocenters. The monoisotopic (exact) mass is 896 g/mol. The van der Waals surface area contributed by atoms with Crippen LogP contribution in [0.2, 0.25) is 0 Å². The molecule has 0 aromatic rings. The number of carbonyl (C=O) groups excluding carboxylic acids is 1. The number of amides is 1. The second kappa shape index (κ2) is 53.7. The number of rotatable bonds is 51. The molecular formula is C59H109NO4. The average molecular weight is 897 g/mol. The van der Waals surface area contributed by atoms with E-state index >= 15 is 0 Å². The number of allylic oxidation sites excluding steroid dienone is 9. The Balaban J connectivity index is 3.50. The lowest BCUT2D eigenvalue weighted by Crippen LogP contribution is -2.48. The second-order valence-corrected chi connectivity index (χ2v) is 19.1. The van der Waals surface area contributed by atoms with Crippen molar-refractivity contribution in [1.29, 1.82) is 0 Å². The number of nitrogens with one attached hydrogen (secondary N) is 1. The van der Waals surface area contributed by atoms with E-state index in [4.69, 9.17) is 0 Å². The molecule has 0 heterocycles. The van der Waals surface area contributed by atoms with Crippen LogP contribution >= 0.6 is 0 Å². The molecule has 0 fully saturated rings. The summed E-state index contributed by atoms with van der Waals surface area (Å²) in [5.41, 5.74) is 0. The van der Waals surface area contributed by atoms with Crippen LogP contribution in [0.15, 0.2) is 60.8 Å². The van der Waals surface area contributed by atoms with E-state index in [1.807, 2.05) is 6.08 Å². The van der Waals surface area contributed by atoms with Crippen molar-refractivity contribution < 1.29 is 20.1 Å². The fourth-order valence-corrected chi connectivity index (χ4v) is 8.41. The maximum Gasteiger partial charge on any atom is 0.249 e. The molecular weight excluding hydrogens is 787 g/mol. The first-order valence-electron chi connectivity index (χ1n) is 28.1. The van der Waals surface area contributed by atoms with E-state index in [-0.39, 0.29) is 6.61 Å². The van der Waals surface area contributed by atoms with Gasteiger partial charge in [-0.1, -0.05) is 274 Å². The largest absolute Gasteiger partial charge is 0.394 e. The zero-order valence-corrected chi connectivity index (χ0v) is 42.7. The number of aliphatic hydroxyl groups excluding tert-OH is 3. The third-order valence-electron chi connectivity index (χ3n) is 12.8. The molecule has 0 aromatic carbocycles. The molecule has 0 aliphatic rings. The summed E-state index contributed by atoms with van der Waals surface area (Å²) in [7, 11) is 0. The number of carbonyl (C=O) groups is 1. The smallest absolute Gasteiger partial charge is 0.249 e. The normalized spacial score (nSPS) is 13.8. The first-order valence-corrected chi connectivity index (χ1v) is 28.1. The standard InChI is InChI=1S/C59H109NO4/c1-3-5-7-9-11-13-15-17-18-19-20-21-22-23-24-25-26-27-28-29-30-31-32-33-34-35-36-37-38-39-40-41-42-44-46-48-50-52-54-58(63)59(64)60-56(55-61)57(62)53-51-49-47-45-43-16-14-12-10-8-6-4-2/h10,12,26-27,29-30,43,45,51,53,56-58,61-63H,3-9,11,13-25,28,31-42,44,46-50,52,54-55H2,1-2H3,(H,60,64)/b12-10+,27-26-,30-29-,45-43+,53-51+. The topological polar surface area (TPSA) is 89.8 Å². The molecule has 0 rings (SSSR count). The van der Waals surface area contributed by atoms with Crippen LogP contribution in [0.3, 0.4) is 0 Å². The van der Waals surface area contributed by atoms with Crippen molar-refractivity contribution in [1.82, 2.24) is 5.32 Å².